The maximum Gasteiger partial charge on any atom is 0.123 e. The third-order valence-electron chi connectivity index (χ3n) is 3.25. The van der Waals surface area contributed by atoms with Crippen LogP contribution in [0.2, 0.25) is 0 Å². The first kappa shape index (κ1) is 12.8. The average molecular weight is 266 g/mol. The molecule has 0 saturated carbocycles. The summed E-state index contributed by atoms with van der Waals surface area (Å²) in [5, 5.41) is 4.47. The molecule has 0 atom stereocenters. The highest BCUT2D eigenvalue weighted by Gasteiger charge is 2.01. The molecular formula is C17H15FN2. The van der Waals surface area contributed by atoms with Crippen molar-refractivity contribution < 1.29 is 4.39 Å². The Kier molecular flexibility index (Phi) is 3.70. The van der Waals surface area contributed by atoms with Crippen LogP contribution in [0.1, 0.15) is 11.1 Å². The van der Waals surface area contributed by atoms with Crippen LogP contribution in [0.4, 0.5) is 4.39 Å². The lowest BCUT2D eigenvalue weighted by molar-refractivity contribution is 0.620. The number of nitrogens with zero attached hydrogens (tertiary/aromatic N) is 1. The molecule has 1 aromatic heterocycles. The SMILES string of the molecule is Fc1cccc(CNCc2cccc3cccnc23)c1. The minimum absolute atomic E-state index is 0.198. The van der Waals surface area contributed by atoms with Crippen molar-refractivity contribution in [1.82, 2.24) is 10.3 Å². The molecule has 1 heterocycles. The Hall–Kier alpha value is -2.26. The molecule has 1 N–H and O–H groups in total. The molecule has 3 rings (SSSR count). The number of fused-ring (bicyclic) bond motifs is 1. The number of halogens is 1. The predicted octanol–water partition coefficient (Wildman–Crippen LogP) is 3.66. The van der Waals surface area contributed by atoms with Crippen LogP contribution in [0.5, 0.6) is 0 Å². The lowest BCUT2D eigenvalue weighted by Crippen LogP contribution is -2.13. The largest absolute Gasteiger partial charge is 0.309 e. The van der Waals surface area contributed by atoms with E-state index in [9.17, 15) is 4.39 Å². The van der Waals surface area contributed by atoms with Crippen LogP contribution in [0.25, 0.3) is 10.9 Å². The van der Waals surface area contributed by atoms with Crippen molar-refractivity contribution in [3.63, 3.8) is 0 Å². The van der Waals surface area contributed by atoms with Crippen molar-refractivity contribution >= 4 is 10.9 Å². The van der Waals surface area contributed by atoms with Gasteiger partial charge >= 0.3 is 0 Å². The van der Waals surface area contributed by atoms with Crippen molar-refractivity contribution in [2.24, 2.45) is 0 Å². The maximum absolute atomic E-state index is 13.1. The first-order valence-corrected chi connectivity index (χ1v) is 6.61. The summed E-state index contributed by atoms with van der Waals surface area (Å²) >= 11 is 0. The first-order chi connectivity index (χ1) is 9.83. The molecule has 20 heavy (non-hydrogen) atoms. The Morgan fingerprint density at radius 3 is 2.70 bits per heavy atom. The third-order valence-corrected chi connectivity index (χ3v) is 3.25. The van der Waals surface area contributed by atoms with Gasteiger partial charge in [-0.25, -0.2) is 4.39 Å². The van der Waals surface area contributed by atoms with Gasteiger partial charge in [-0.15, -0.1) is 0 Å². The number of nitrogens with one attached hydrogen (secondary N) is 1. The molecule has 0 radical (unpaired) electrons. The minimum atomic E-state index is -0.198. The molecule has 0 spiro atoms. The number of aromatic nitrogens is 1. The molecule has 0 saturated heterocycles. The summed E-state index contributed by atoms with van der Waals surface area (Å²) in [6.45, 7) is 1.35. The smallest absolute Gasteiger partial charge is 0.123 e. The van der Waals surface area contributed by atoms with Gasteiger partial charge in [-0.05, 0) is 29.3 Å². The first-order valence-electron chi connectivity index (χ1n) is 6.61. The van der Waals surface area contributed by atoms with E-state index < -0.39 is 0 Å². The molecule has 0 amide bonds. The highest BCUT2D eigenvalue weighted by molar-refractivity contribution is 5.81. The van der Waals surface area contributed by atoms with Crippen molar-refractivity contribution in [3.05, 3.63) is 77.7 Å². The molecule has 0 bridgehead atoms. The van der Waals surface area contributed by atoms with Crippen molar-refractivity contribution in [2.45, 2.75) is 13.1 Å². The van der Waals surface area contributed by atoms with Gasteiger partial charge in [-0.1, -0.05) is 36.4 Å². The van der Waals surface area contributed by atoms with E-state index in [0.717, 1.165) is 22.0 Å². The fourth-order valence-electron chi connectivity index (χ4n) is 2.30. The van der Waals surface area contributed by atoms with Gasteiger partial charge in [0.25, 0.3) is 0 Å². The lowest BCUT2D eigenvalue weighted by Gasteiger charge is -2.07. The second kappa shape index (κ2) is 5.80. The fourth-order valence-corrected chi connectivity index (χ4v) is 2.30. The minimum Gasteiger partial charge on any atom is -0.309 e. The van der Waals surface area contributed by atoms with Gasteiger partial charge in [0.15, 0.2) is 0 Å². The summed E-state index contributed by atoms with van der Waals surface area (Å²) in [6.07, 6.45) is 1.80. The zero-order chi connectivity index (χ0) is 13.8. The van der Waals surface area contributed by atoms with E-state index in [0.29, 0.717) is 13.1 Å². The molecule has 2 nitrogen and oxygen atoms in total. The standard InChI is InChI=1S/C17H15FN2/c18-16-8-1-4-13(10-16)11-19-12-15-6-2-5-14-7-3-9-20-17(14)15/h1-10,19H,11-12H2. The number of rotatable bonds is 4. The van der Waals surface area contributed by atoms with E-state index >= 15 is 0 Å². The number of pyridine rings is 1. The molecule has 3 heteroatoms. The zero-order valence-electron chi connectivity index (χ0n) is 11.0. The monoisotopic (exact) mass is 266 g/mol. The van der Waals surface area contributed by atoms with Crippen LogP contribution < -0.4 is 5.32 Å². The van der Waals surface area contributed by atoms with Gasteiger partial charge in [0, 0.05) is 24.7 Å². The third kappa shape index (κ3) is 2.83. The molecule has 0 aliphatic carbocycles. The molecule has 0 aliphatic rings. The lowest BCUT2D eigenvalue weighted by atomic mass is 10.1. The molecule has 0 aliphatic heterocycles. The van der Waals surface area contributed by atoms with Crippen molar-refractivity contribution in [3.8, 4) is 0 Å². The van der Waals surface area contributed by atoms with Crippen molar-refractivity contribution in [2.75, 3.05) is 0 Å². The van der Waals surface area contributed by atoms with E-state index in [-0.39, 0.29) is 5.82 Å². The number of para-hydroxylation sites is 1. The van der Waals surface area contributed by atoms with Gasteiger partial charge in [-0.2, -0.15) is 0 Å². The summed E-state index contributed by atoms with van der Waals surface area (Å²) in [5.74, 6) is -0.198. The van der Waals surface area contributed by atoms with Crippen LogP contribution in [0.3, 0.4) is 0 Å². The molecule has 3 aromatic rings. The summed E-state index contributed by atoms with van der Waals surface area (Å²) < 4.78 is 13.1. The van der Waals surface area contributed by atoms with E-state index in [1.54, 1.807) is 18.3 Å². The topological polar surface area (TPSA) is 24.9 Å². The molecule has 2 aromatic carbocycles. The van der Waals surface area contributed by atoms with Gasteiger partial charge in [0.2, 0.25) is 0 Å². The average Bonchev–Trinajstić information content (AvgIpc) is 2.48. The molecule has 100 valence electrons. The second-order valence-corrected chi connectivity index (χ2v) is 4.73. The second-order valence-electron chi connectivity index (χ2n) is 4.73. The number of hydrogen-bond donors (Lipinski definition) is 1. The van der Waals surface area contributed by atoms with Crippen LogP contribution in [0.15, 0.2) is 60.8 Å². The zero-order valence-corrected chi connectivity index (χ0v) is 11.0. The molecule has 0 unspecified atom stereocenters. The predicted molar refractivity (Wildman–Crippen MR) is 78.7 cm³/mol. The van der Waals surface area contributed by atoms with Crippen LogP contribution in [-0.4, -0.2) is 4.98 Å². The highest BCUT2D eigenvalue weighted by atomic mass is 19.1. The quantitative estimate of drug-likeness (QED) is 0.779. The van der Waals surface area contributed by atoms with E-state index in [2.05, 4.69) is 28.5 Å². The fraction of sp³-hybridized carbons (Fsp3) is 0.118. The number of benzene rings is 2. The van der Waals surface area contributed by atoms with Gasteiger partial charge < -0.3 is 5.32 Å². The summed E-state index contributed by atoms with van der Waals surface area (Å²) in [4.78, 5) is 4.42. The summed E-state index contributed by atoms with van der Waals surface area (Å²) in [6, 6.07) is 16.8. The van der Waals surface area contributed by atoms with E-state index in [1.165, 1.54) is 6.07 Å². The molecule has 0 fully saturated rings. The Balaban J connectivity index is 1.71. The Morgan fingerprint density at radius 1 is 0.950 bits per heavy atom. The summed E-state index contributed by atoms with van der Waals surface area (Å²) in [5.41, 5.74) is 3.11. The van der Waals surface area contributed by atoms with E-state index in [4.69, 9.17) is 0 Å². The van der Waals surface area contributed by atoms with Gasteiger partial charge in [0.1, 0.15) is 5.82 Å². The van der Waals surface area contributed by atoms with Crippen molar-refractivity contribution in [1.29, 1.82) is 0 Å². The Bertz CT molecular complexity index is 720. The highest BCUT2D eigenvalue weighted by Crippen LogP contribution is 2.15. The Labute approximate surface area is 117 Å². The van der Waals surface area contributed by atoms with E-state index in [1.807, 2.05) is 18.2 Å². The van der Waals surface area contributed by atoms with Crippen LogP contribution in [0, 0.1) is 5.82 Å². The Morgan fingerprint density at radius 2 is 1.80 bits per heavy atom. The summed E-state index contributed by atoms with van der Waals surface area (Å²) in [7, 11) is 0. The van der Waals surface area contributed by atoms with Gasteiger partial charge in [-0.3, -0.25) is 4.98 Å². The number of hydrogen-bond acceptors (Lipinski definition) is 2. The maximum atomic E-state index is 13.1. The normalized spacial score (nSPS) is 10.8. The van der Waals surface area contributed by atoms with Crippen LogP contribution >= 0.6 is 0 Å². The molecular weight excluding hydrogens is 251 g/mol. The van der Waals surface area contributed by atoms with Gasteiger partial charge in [0.05, 0.1) is 5.52 Å². The van der Waals surface area contributed by atoms with Crippen LogP contribution in [-0.2, 0) is 13.1 Å².